The van der Waals surface area contributed by atoms with Crippen LogP contribution in [-0.2, 0) is 26.2 Å². The standard InChI is InChI=1S/C17H16ClN3O4S/c18-12-2-1-3-13(8-12)21-16(22)9-15(17(21)23)20-10-11-4-6-14(7-5-11)26(19,24)25/h1-8,15,20H,9-10H2,(H2,19,24,25)/p+1/t15-/m0/s1. The predicted octanol–water partition coefficient (Wildman–Crippen LogP) is 0.383. The predicted molar refractivity (Wildman–Crippen MR) is 95.8 cm³/mol. The first-order valence-electron chi connectivity index (χ1n) is 7.83. The second-order valence-corrected chi connectivity index (χ2v) is 7.98. The van der Waals surface area contributed by atoms with Crippen LogP contribution < -0.4 is 15.4 Å². The lowest BCUT2D eigenvalue weighted by Gasteiger charge is -2.14. The highest BCUT2D eigenvalue weighted by molar-refractivity contribution is 7.89. The van der Waals surface area contributed by atoms with Gasteiger partial charge >= 0.3 is 0 Å². The quantitative estimate of drug-likeness (QED) is 0.713. The number of rotatable bonds is 5. The summed E-state index contributed by atoms with van der Waals surface area (Å²) in [7, 11) is -3.73. The summed E-state index contributed by atoms with van der Waals surface area (Å²) in [4.78, 5) is 26.0. The topological polar surface area (TPSA) is 114 Å². The minimum Gasteiger partial charge on any atom is -0.332 e. The lowest BCUT2D eigenvalue weighted by Crippen LogP contribution is -2.90. The maximum atomic E-state index is 12.6. The number of primary sulfonamides is 1. The maximum Gasteiger partial charge on any atom is 0.292 e. The molecule has 3 rings (SSSR count). The Morgan fingerprint density at radius 1 is 1.15 bits per heavy atom. The first-order chi connectivity index (χ1) is 12.3. The minimum absolute atomic E-state index is 0.0282. The summed E-state index contributed by atoms with van der Waals surface area (Å²) in [6.45, 7) is 0.429. The van der Waals surface area contributed by atoms with Gasteiger partial charge in [0.15, 0.2) is 6.04 Å². The van der Waals surface area contributed by atoms with Crippen LogP contribution >= 0.6 is 11.6 Å². The van der Waals surface area contributed by atoms with Gasteiger partial charge in [0, 0.05) is 10.6 Å². The van der Waals surface area contributed by atoms with E-state index in [1.165, 1.54) is 12.1 Å². The summed E-state index contributed by atoms with van der Waals surface area (Å²) in [6.07, 6.45) is 0.0978. The maximum absolute atomic E-state index is 12.6. The Labute approximate surface area is 155 Å². The van der Waals surface area contributed by atoms with Crippen LogP contribution in [0, 0.1) is 0 Å². The van der Waals surface area contributed by atoms with Gasteiger partial charge in [0.25, 0.3) is 5.91 Å². The molecule has 7 nitrogen and oxygen atoms in total. The van der Waals surface area contributed by atoms with E-state index in [0.29, 0.717) is 17.3 Å². The summed E-state index contributed by atoms with van der Waals surface area (Å²) >= 11 is 5.93. The third-order valence-electron chi connectivity index (χ3n) is 4.14. The van der Waals surface area contributed by atoms with E-state index in [2.05, 4.69) is 0 Å². The van der Waals surface area contributed by atoms with Crippen LogP contribution in [0.1, 0.15) is 12.0 Å². The van der Waals surface area contributed by atoms with E-state index in [0.717, 1.165) is 10.5 Å². The number of carbonyl (C=O) groups is 2. The minimum atomic E-state index is -3.73. The van der Waals surface area contributed by atoms with Crippen molar-refractivity contribution in [2.24, 2.45) is 5.14 Å². The molecule has 4 N–H and O–H groups in total. The number of hydrogen-bond donors (Lipinski definition) is 2. The molecule has 26 heavy (non-hydrogen) atoms. The third-order valence-corrected chi connectivity index (χ3v) is 5.30. The van der Waals surface area contributed by atoms with E-state index in [9.17, 15) is 18.0 Å². The Hall–Kier alpha value is -2.26. The van der Waals surface area contributed by atoms with Crippen molar-refractivity contribution in [3.63, 3.8) is 0 Å². The molecule has 2 aromatic rings. The lowest BCUT2D eigenvalue weighted by molar-refractivity contribution is -0.690. The van der Waals surface area contributed by atoms with Crippen molar-refractivity contribution in [1.82, 2.24) is 0 Å². The normalized spacial score (nSPS) is 17.8. The van der Waals surface area contributed by atoms with Crippen LogP contribution in [0.5, 0.6) is 0 Å². The SMILES string of the molecule is NS(=O)(=O)c1ccc(C[NH2+][C@H]2CC(=O)N(c3cccc(Cl)c3)C2=O)cc1. The molecule has 0 bridgehead atoms. The molecule has 136 valence electrons. The number of imide groups is 1. The van der Waals surface area contributed by atoms with Crippen molar-refractivity contribution < 1.29 is 23.3 Å². The van der Waals surface area contributed by atoms with Crippen LogP contribution in [0.25, 0.3) is 0 Å². The first kappa shape index (κ1) is 18.5. The fourth-order valence-corrected chi connectivity index (χ4v) is 3.52. The molecule has 1 saturated heterocycles. The van der Waals surface area contributed by atoms with Crippen molar-refractivity contribution in [3.05, 3.63) is 59.1 Å². The zero-order chi connectivity index (χ0) is 18.9. The van der Waals surface area contributed by atoms with Crippen LogP contribution in [0.2, 0.25) is 5.02 Å². The molecule has 1 atom stereocenters. The van der Waals surface area contributed by atoms with Crippen molar-refractivity contribution >= 4 is 39.1 Å². The molecule has 1 aliphatic heterocycles. The van der Waals surface area contributed by atoms with Gasteiger partial charge in [0.2, 0.25) is 15.9 Å². The average molecular weight is 395 g/mol. The molecule has 2 aromatic carbocycles. The molecule has 0 unspecified atom stereocenters. The van der Waals surface area contributed by atoms with Crippen LogP contribution in [0.15, 0.2) is 53.4 Å². The summed E-state index contributed by atoms with van der Waals surface area (Å²) in [6, 6.07) is 12.2. The van der Waals surface area contributed by atoms with Gasteiger partial charge in [0.05, 0.1) is 17.0 Å². The highest BCUT2D eigenvalue weighted by atomic mass is 35.5. The van der Waals surface area contributed by atoms with Gasteiger partial charge in [-0.25, -0.2) is 18.5 Å². The van der Waals surface area contributed by atoms with Crippen molar-refractivity contribution in [1.29, 1.82) is 0 Å². The van der Waals surface area contributed by atoms with E-state index in [1.807, 2.05) is 0 Å². The number of anilines is 1. The molecule has 0 radical (unpaired) electrons. The van der Waals surface area contributed by atoms with E-state index in [4.69, 9.17) is 16.7 Å². The number of nitrogens with two attached hydrogens (primary N) is 2. The smallest absolute Gasteiger partial charge is 0.292 e. The molecular formula is C17H17ClN3O4S+. The number of carbonyl (C=O) groups excluding carboxylic acids is 2. The highest BCUT2D eigenvalue weighted by Crippen LogP contribution is 2.24. The molecule has 0 aromatic heterocycles. The number of nitrogens with zero attached hydrogens (tertiary/aromatic N) is 1. The number of halogens is 1. The molecule has 0 aliphatic carbocycles. The average Bonchev–Trinajstić information content (AvgIpc) is 2.86. The van der Waals surface area contributed by atoms with Gasteiger partial charge in [-0.15, -0.1) is 0 Å². The Kier molecular flexibility index (Phi) is 5.10. The van der Waals surface area contributed by atoms with Crippen LogP contribution in [0.4, 0.5) is 5.69 Å². The van der Waals surface area contributed by atoms with E-state index in [-0.39, 0.29) is 23.1 Å². The number of hydrogen-bond acceptors (Lipinski definition) is 4. The fourth-order valence-electron chi connectivity index (χ4n) is 2.82. The summed E-state index contributed by atoms with van der Waals surface area (Å²) in [5, 5.41) is 7.27. The number of quaternary nitrogens is 1. The van der Waals surface area contributed by atoms with Crippen molar-refractivity contribution in [2.75, 3.05) is 4.90 Å². The van der Waals surface area contributed by atoms with Gasteiger partial charge in [-0.1, -0.05) is 29.8 Å². The molecule has 1 heterocycles. The highest BCUT2D eigenvalue weighted by Gasteiger charge is 2.42. The van der Waals surface area contributed by atoms with Gasteiger partial charge < -0.3 is 5.32 Å². The van der Waals surface area contributed by atoms with Crippen molar-refractivity contribution in [3.8, 4) is 0 Å². The second kappa shape index (κ2) is 7.16. The fraction of sp³-hybridized carbons (Fsp3) is 0.176. The van der Waals surface area contributed by atoms with Gasteiger partial charge in [-0.05, 0) is 30.3 Å². The number of benzene rings is 2. The first-order valence-corrected chi connectivity index (χ1v) is 9.75. The molecule has 0 saturated carbocycles. The second-order valence-electron chi connectivity index (χ2n) is 5.99. The van der Waals surface area contributed by atoms with Gasteiger partial charge in [-0.2, -0.15) is 0 Å². The molecule has 1 fully saturated rings. The molecule has 2 amide bonds. The molecule has 1 aliphatic rings. The number of sulfonamides is 1. The van der Waals surface area contributed by atoms with Crippen molar-refractivity contribution in [2.45, 2.75) is 23.9 Å². The van der Waals surface area contributed by atoms with E-state index < -0.39 is 16.1 Å². The Balaban J connectivity index is 1.68. The summed E-state index contributed by atoms with van der Waals surface area (Å²) in [5.74, 6) is -0.568. The monoisotopic (exact) mass is 394 g/mol. The Bertz CT molecular complexity index is 960. The largest absolute Gasteiger partial charge is 0.332 e. The third kappa shape index (κ3) is 3.94. The van der Waals surface area contributed by atoms with Gasteiger partial charge in [-0.3, -0.25) is 9.59 Å². The van der Waals surface area contributed by atoms with E-state index in [1.54, 1.807) is 41.7 Å². The summed E-state index contributed by atoms with van der Waals surface area (Å²) in [5.41, 5.74) is 1.28. The Morgan fingerprint density at radius 2 is 1.85 bits per heavy atom. The molecule has 0 spiro atoms. The van der Waals surface area contributed by atoms with Crippen LogP contribution in [0.3, 0.4) is 0 Å². The summed E-state index contributed by atoms with van der Waals surface area (Å²) < 4.78 is 22.5. The van der Waals surface area contributed by atoms with Gasteiger partial charge in [0.1, 0.15) is 6.54 Å². The molecular weight excluding hydrogens is 378 g/mol. The zero-order valence-electron chi connectivity index (χ0n) is 13.6. The van der Waals surface area contributed by atoms with E-state index >= 15 is 0 Å². The van der Waals surface area contributed by atoms with Crippen LogP contribution in [-0.4, -0.2) is 26.3 Å². The number of amides is 2. The zero-order valence-corrected chi connectivity index (χ0v) is 15.2. The Morgan fingerprint density at radius 3 is 2.46 bits per heavy atom. The molecule has 9 heteroatoms. The lowest BCUT2D eigenvalue weighted by atomic mass is 10.2.